The molecule has 13 rings (SSSR count). The maximum atomic E-state index is 4.82. The summed E-state index contributed by atoms with van der Waals surface area (Å²) in [7, 11) is 0. The quantitative estimate of drug-likeness (QED) is 0.168. The maximum absolute atomic E-state index is 4.82. The van der Waals surface area contributed by atoms with Crippen molar-refractivity contribution in [2.24, 2.45) is 0 Å². The van der Waals surface area contributed by atoms with E-state index in [1.807, 2.05) is 23.5 Å². The molecule has 0 amide bonds. The lowest BCUT2D eigenvalue weighted by molar-refractivity contribution is 1.08. The minimum atomic E-state index is 0.798. The number of thiophene rings is 1. The van der Waals surface area contributed by atoms with Gasteiger partial charge in [-0.3, -0.25) is 4.57 Å². The molecule has 0 saturated heterocycles. The lowest BCUT2D eigenvalue weighted by Gasteiger charge is -2.14. The van der Waals surface area contributed by atoms with Crippen LogP contribution in [0.1, 0.15) is 0 Å². The zero-order valence-corrected chi connectivity index (χ0v) is 34.2. The van der Waals surface area contributed by atoms with Crippen LogP contribution in [0.5, 0.6) is 0 Å². The minimum Gasteiger partial charge on any atom is -0.309 e. The van der Waals surface area contributed by atoms with Crippen LogP contribution < -0.4 is 0 Å². The largest absolute Gasteiger partial charge is 0.309 e. The molecule has 290 valence electrons. The van der Waals surface area contributed by atoms with E-state index in [2.05, 4.69) is 214 Å². The first-order chi connectivity index (χ1) is 30.8. The van der Waals surface area contributed by atoms with Gasteiger partial charge in [-0.25, -0.2) is 0 Å². The normalized spacial score (nSPS) is 11.9. The molecule has 0 spiro atoms. The van der Waals surface area contributed by atoms with E-state index in [1.165, 1.54) is 42.0 Å². The summed E-state index contributed by atoms with van der Waals surface area (Å²) in [6.07, 6.45) is 0. The van der Waals surface area contributed by atoms with Gasteiger partial charge in [0, 0.05) is 64.2 Å². The van der Waals surface area contributed by atoms with Crippen LogP contribution in [0, 0.1) is 0 Å². The van der Waals surface area contributed by atoms with Gasteiger partial charge in [-0.15, -0.1) is 21.5 Å². The Hall–Kier alpha value is -8.06. The summed E-state index contributed by atoms with van der Waals surface area (Å²) in [4.78, 5) is 0. The molecule has 0 atom stereocenters. The van der Waals surface area contributed by atoms with Gasteiger partial charge in [0.1, 0.15) is 0 Å². The molecule has 13 aromatic rings. The van der Waals surface area contributed by atoms with E-state index < -0.39 is 0 Å². The van der Waals surface area contributed by atoms with E-state index >= 15 is 0 Å². The van der Waals surface area contributed by atoms with Gasteiger partial charge in [-0.2, -0.15) is 0 Å². The lowest BCUT2D eigenvalue weighted by Crippen LogP contribution is -2.01. The molecule has 4 aromatic heterocycles. The van der Waals surface area contributed by atoms with Gasteiger partial charge >= 0.3 is 0 Å². The fourth-order valence-electron chi connectivity index (χ4n) is 9.69. The third-order valence-corrected chi connectivity index (χ3v) is 13.6. The van der Waals surface area contributed by atoms with E-state index in [1.54, 1.807) is 0 Å². The van der Waals surface area contributed by atoms with Crippen molar-refractivity contribution in [3.05, 3.63) is 212 Å². The Morgan fingerprint density at radius 1 is 0.323 bits per heavy atom. The predicted octanol–water partition coefficient (Wildman–Crippen LogP) is 14.8. The van der Waals surface area contributed by atoms with E-state index in [-0.39, 0.29) is 0 Å². The van der Waals surface area contributed by atoms with Crippen molar-refractivity contribution in [1.29, 1.82) is 0 Å². The minimum absolute atomic E-state index is 0.798. The predicted molar refractivity (Wildman–Crippen MR) is 259 cm³/mol. The van der Waals surface area contributed by atoms with Crippen LogP contribution in [0.2, 0.25) is 0 Å². The van der Waals surface area contributed by atoms with Gasteiger partial charge in [0.2, 0.25) is 0 Å². The van der Waals surface area contributed by atoms with Crippen molar-refractivity contribution < 1.29 is 0 Å². The van der Waals surface area contributed by atoms with Crippen LogP contribution in [-0.2, 0) is 0 Å². The molecule has 0 saturated carbocycles. The number of benzene rings is 9. The van der Waals surface area contributed by atoms with Crippen LogP contribution in [0.4, 0.5) is 0 Å². The summed E-state index contributed by atoms with van der Waals surface area (Å²) < 4.78 is 9.73. The zero-order chi connectivity index (χ0) is 40.7. The van der Waals surface area contributed by atoms with Gasteiger partial charge in [0.25, 0.3) is 0 Å². The third-order valence-electron chi connectivity index (χ3n) is 12.4. The average molecular weight is 810 g/mol. The standard InChI is InChI=1S/C56H35N5S/c1-3-16-36(17-4-1)55-57-58-56(37-18-5-2-6-19-37)61(55)49-30-15-29-48-52(49)44-25-7-10-27-46(44)59(48)40-22-13-20-38(34-40)39-21-14-23-41(35-39)60-47-28-11-8-26-45(47)53-50(60)33-32-43-42-24-9-12-31-51(42)62-54(43)53/h1-35H. The number of para-hydroxylation sites is 2. The molecule has 0 aliphatic heterocycles. The molecule has 0 bridgehead atoms. The summed E-state index contributed by atoms with van der Waals surface area (Å²) in [5.41, 5.74) is 12.2. The number of rotatable bonds is 6. The molecule has 0 fully saturated rings. The fourth-order valence-corrected chi connectivity index (χ4v) is 10.9. The summed E-state index contributed by atoms with van der Waals surface area (Å²) in [6.45, 7) is 0. The van der Waals surface area contributed by atoms with Crippen molar-refractivity contribution in [2.75, 3.05) is 0 Å². The lowest BCUT2D eigenvalue weighted by atomic mass is 10.0. The number of aromatic nitrogens is 5. The second-order valence-corrected chi connectivity index (χ2v) is 16.9. The van der Waals surface area contributed by atoms with E-state index in [0.29, 0.717) is 0 Å². The highest BCUT2D eigenvalue weighted by Crippen LogP contribution is 2.44. The maximum Gasteiger partial charge on any atom is 0.168 e. The van der Waals surface area contributed by atoms with Crippen molar-refractivity contribution >= 4 is 75.1 Å². The fraction of sp³-hybridized carbons (Fsp3) is 0. The highest BCUT2D eigenvalue weighted by atomic mass is 32.1. The van der Waals surface area contributed by atoms with Gasteiger partial charge in [0.05, 0.1) is 27.8 Å². The average Bonchev–Trinajstić information content (AvgIpc) is 4.12. The Morgan fingerprint density at radius 2 is 0.806 bits per heavy atom. The summed E-state index contributed by atoms with van der Waals surface area (Å²) in [5.74, 6) is 1.60. The van der Waals surface area contributed by atoms with Gasteiger partial charge in [-0.05, 0) is 71.8 Å². The SMILES string of the molecule is c1ccc(-c2nnc(-c3ccccc3)n2-c2cccc3c2c2ccccc2n3-c2cccc(-c3cccc(-n4c5ccccc5c5c6sc7ccccc7c6ccc54)c3)c2)cc1. The first kappa shape index (κ1) is 34.8. The monoisotopic (exact) mass is 809 g/mol. The van der Waals surface area contributed by atoms with Crippen molar-refractivity contribution in [3.63, 3.8) is 0 Å². The van der Waals surface area contributed by atoms with Crippen LogP contribution >= 0.6 is 11.3 Å². The number of nitrogens with zero attached hydrogens (tertiary/aromatic N) is 5. The Kier molecular flexibility index (Phi) is 7.71. The van der Waals surface area contributed by atoms with Crippen LogP contribution in [0.3, 0.4) is 0 Å². The van der Waals surface area contributed by atoms with Crippen molar-refractivity contribution in [3.8, 4) is 51.0 Å². The Morgan fingerprint density at radius 3 is 1.44 bits per heavy atom. The van der Waals surface area contributed by atoms with Gasteiger partial charge in [0.15, 0.2) is 11.6 Å². The molecule has 0 unspecified atom stereocenters. The highest BCUT2D eigenvalue weighted by Gasteiger charge is 2.23. The van der Waals surface area contributed by atoms with E-state index in [0.717, 1.165) is 72.8 Å². The number of hydrogen-bond acceptors (Lipinski definition) is 3. The Labute approximate surface area is 360 Å². The van der Waals surface area contributed by atoms with Crippen LogP contribution in [0.15, 0.2) is 212 Å². The summed E-state index contributed by atoms with van der Waals surface area (Å²) in [6, 6.07) is 76.2. The zero-order valence-electron chi connectivity index (χ0n) is 33.4. The first-order valence-electron chi connectivity index (χ1n) is 20.9. The number of hydrogen-bond donors (Lipinski definition) is 0. The Bertz CT molecular complexity index is 3810. The molecule has 0 N–H and O–H groups in total. The molecule has 0 radical (unpaired) electrons. The summed E-state index contributed by atoms with van der Waals surface area (Å²) in [5, 5.41) is 17.2. The molecule has 0 aliphatic carbocycles. The molecule has 62 heavy (non-hydrogen) atoms. The second-order valence-electron chi connectivity index (χ2n) is 15.8. The first-order valence-corrected chi connectivity index (χ1v) is 21.7. The second kappa shape index (κ2) is 13.7. The third kappa shape index (κ3) is 5.20. The molecule has 0 aliphatic rings. The molecular formula is C56H35N5S. The molecular weight excluding hydrogens is 775 g/mol. The van der Waals surface area contributed by atoms with Crippen LogP contribution in [-0.4, -0.2) is 23.9 Å². The van der Waals surface area contributed by atoms with E-state index in [9.17, 15) is 0 Å². The van der Waals surface area contributed by atoms with Gasteiger partial charge < -0.3 is 9.13 Å². The van der Waals surface area contributed by atoms with E-state index in [4.69, 9.17) is 10.2 Å². The smallest absolute Gasteiger partial charge is 0.168 e. The van der Waals surface area contributed by atoms with Crippen molar-refractivity contribution in [1.82, 2.24) is 23.9 Å². The summed E-state index contributed by atoms with van der Waals surface area (Å²) >= 11 is 1.89. The topological polar surface area (TPSA) is 40.6 Å². The molecule has 9 aromatic carbocycles. The highest BCUT2D eigenvalue weighted by molar-refractivity contribution is 7.26. The molecule has 6 heteroatoms. The number of fused-ring (bicyclic) bond motifs is 10. The Balaban J connectivity index is 0.984. The molecule has 5 nitrogen and oxygen atoms in total. The van der Waals surface area contributed by atoms with Crippen molar-refractivity contribution in [2.45, 2.75) is 0 Å². The van der Waals surface area contributed by atoms with Gasteiger partial charge in [-0.1, -0.05) is 152 Å². The van der Waals surface area contributed by atoms with Crippen LogP contribution in [0.25, 0.3) is 115 Å². The molecule has 4 heterocycles.